The molecule has 4 heteroatoms. The van der Waals surface area contributed by atoms with E-state index in [1.54, 1.807) is 0 Å². The van der Waals surface area contributed by atoms with E-state index in [1.165, 1.54) is 11.8 Å². The molecule has 0 spiro atoms. The third-order valence-corrected chi connectivity index (χ3v) is 4.17. The lowest BCUT2D eigenvalue weighted by Gasteiger charge is -2.12. The monoisotopic (exact) mass is 291 g/mol. The summed E-state index contributed by atoms with van der Waals surface area (Å²) in [6.45, 7) is 1.87. The number of carbonyl (C=O) groups is 1. The fourth-order valence-corrected chi connectivity index (χ4v) is 2.70. The van der Waals surface area contributed by atoms with E-state index in [1.807, 2.05) is 61.5 Å². The van der Waals surface area contributed by atoms with E-state index < -0.39 is 0 Å². The fraction of sp³-hybridized carbons (Fsp3) is 0.133. The molecule has 1 N–H and O–H groups in total. The molecule has 2 aromatic carbocycles. The highest BCUT2D eigenvalue weighted by molar-refractivity contribution is 8.00. The van der Waals surface area contributed by atoms with E-state index in [-0.39, 0.29) is 11.2 Å². The molecule has 0 bridgehead atoms. The Morgan fingerprint density at radius 1 is 1.11 bits per heavy atom. The average molecular weight is 292 g/mol. The summed E-state index contributed by atoms with van der Waals surface area (Å²) < 4.78 is 0. The number of para-hydroxylation sites is 1. The van der Waals surface area contributed by atoms with Crippen LogP contribution >= 0.6 is 23.4 Å². The lowest BCUT2D eigenvalue weighted by atomic mass is 10.3. The molecule has 0 radical (unpaired) electrons. The van der Waals surface area contributed by atoms with Gasteiger partial charge in [0.2, 0.25) is 5.91 Å². The maximum atomic E-state index is 12.1. The maximum Gasteiger partial charge on any atom is 0.237 e. The molecular weight excluding hydrogens is 278 g/mol. The van der Waals surface area contributed by atoms with Crippen molar-refractivity contribution in [2.75, 3.05) is 5.32 Å². The maximum absolute atomic E-state index is 12.1. The predicted molar refractivity (Wildman–Crippen MR) is 81.8 cm³/mol. The Morgan fingerprint density at radius 2 is 1.74 bits per heavy atom. The molecule has 1 amide bonds. The Labute approximate surface area is 122 Å². The molecule has 0 fully saturated rings. The third-order valence-electron chi connectivity index (χ3n) is 2.55. The lowest BCUT2D eigenvalue weighted by molar-refractivity contribution is -0.115. The van der Waals surface area contributed by atoms with Crippen LogP contribution in [0.4, 0.5) is 5.69 Å². The lowest BCUT2D eigenvalue weighted by Crippen LogP contribution is -2.22. The van der Waals surface area contributed by atoms with Gasteiger partial charge in [0.25, 0.3) is 0 Å². The van der Waals surface area contributed by atoms with Crippen LogP contribution in [0.5, 0.6) is 0 Å². The van der Waals surface area contributed by atoms with E-state index in [4.69, 9.17) is 11.6 Å². The van der Waals surface area contributed by atoms with Gasteiger partial charge in [-0.2, -0.15) is 0 Å². The van der Waals surface area contributed by atoms with Crippen molar-refractivity contribution in [3.05, 3.63) is 59.6 Å². The summed E-state index contributed by atoms with van der Waals surface area (Å²) in [7, 11) is 0. The number of hydrogen-bond acceptors (Lipinski definition) is 2. The predicted octanol–water partition coefficient (Wildman–Crippen LogP) is 4.46. The van der Waals surface area contributed by atoms with Gasteiger partial charge in [-0.3, -0.25) is 4.79 Å². The first-order valence-corrected chi connectivity index (χ1v) is 7.19. The van der Waals surface area contributed by atoms with Gasteiger partial charge in [-0.15, -0.1) is 11.8 Å². The number of thioether (sulfide) groups is 1. The Balaban J connectivity index is 1.98. The van der Waals surface area contributed by atoms with Crippen LogP contribution in [-0.2, 0) is 4.79 Å². The summed E-state index contributed by atoms with van der Waals surface area (Å²) in [5.74, 6) is -0.0314. The summed E-state index contributed by atoms with van der Waals surface area (Å²) in [5.41, 5.74) is 0.805. The highest BCUT2D eigenvalue weighted by Gasteiger charge is 2.15. The van der Waals surface area contributed by atoms with Crippen LogP contribution in [0.2, 0.25) is 5.02 Å². The Hall–Kier alpha value is -1.45. The molecule has 0 unspecified atom stereocenters. The standard InChI is InChI=1S/C15H14ClNOS/c1-11(19-14-10-6-5-9-13(14)16)15(18)17-12-7-3-2-4-8-12/h2-11H,1H3,(H,17,18)/t11-/m1/s1. The van der Waals surface area contributed by atoms with E-state index in [9.17, 15) is 4.79 Å². The highest BCUT2D eigenvalue weighted by atomic mass is 35.5. The van der Waals surface area contributed by atoms with Gasteiger partial charge in [0, 0.05) is 10.6 Å². The highest BCUT2D eigenvalue weighted by Crippen LogP contribution is 2.30. The second-order valence-electron chi connectivity index (χ2n) is 4.05. The molecule has 2 nitrogen and oxygen atoms in total. The number of anilines is 1. The first kappa shape index (κ1) is 14.0. The zero-order chi connectivity index (χ0) is 13.7. The van der Waals surface area contributed by atoms with Crippen molar-refractivity contribution in [3.8, 4) is 0 Å². The number of benzene rings is 2. The topological polar surface area (TPSA) is 29.1 Å². The van der Waals surface area contributed by atoms with E-state index in [2.05, 4.69) is 5.32 Å². The van der Waals surface area contributed by atoms with E-state index in [0.717, 1.165) is 10.6 Å². The van der Waals surface area contributed by atoms with Gasteiger partial charge < -0.3 is 5.32 Å². The minimum Gasteiger partial charge on any atom is -0.325 e. The van der Waals surface area contributed by atoms with Crippen molar-refractivity contribution < 1.29 is 4.79 Å². The van der Waals surface area contributed by atoms with Crippen molar-refractivity contribution in [3.63, 3.8) is 0 Å². The Bertz CT molecular complexity index is 559. The van der Waals surface area contributed by atoms with Crippen LogP contribution in [0.3, 0.4) is 0 Å². The van der Waals surface area contributed by atoms with Gasteiger partial charge in [0.1, 0.15) is 0 Å². The number of nitrogens with one attached hydrogen (secondary N) is 1. The van der Waals surface area contributed by atoms with Crippen molar-refractivity contribution in [1.29, 1.82) is 0 Å². The number of amides is 1. The smallest absolute Gasteiger partial charge is 0.237 e. The largest absolute Gasteiger partial charge is 0.325 e. The minimum absolute atomic E-state index is 0.0314. The second-order valence-corrected chi connectivity index (χ2v) is 5.84. The van der Waals surface area contributed by atoms with Crippen molar-refractivity contribution in [1.82, 2.24) is 0 Å². The summed E-state index contributed by atoms with van der Waals surface area (Å²) in [4.78, 5) is 13.0. The van der Waals surface area contributed by atoms with Gasteiger partial charge >= 0.3 is 0 Å². The van der Waals surface area contributed by atoms with Gasteiger partial charge in [-0.05, 0) is 31.2 Å². The van der Waals surface area contributed by atoms with Crippen LogP contribution in [0.25, 0.3) is 0 Å². The van der Waals surface area contributed by atoms with Crippen molar-refractivity contribution in [2.24, 2.45) is 0 Å². The molecule has 0 saturated carbocycles. The fourth-order valence-electron chi connectivity index (χ4n) is 1.55. The van der Waals surface area contributed by atoms with E-state index >= 15 is 0 Å². The van der Waals surface area contributed by atoms with Crippen molar-refractivity contribution in [2.45, 2.75) is 17.1 Å². The zero-order valence-electron chi connectivity index (χ0n) is 10.5. The van der Waals surface area contributed by atoms with Crippen LogP contribution in [0.15, 0.2) is 59.5 Å². The summed E-state index contributed by atoms with van der Waals surface area (Å²) in [6.07, 6.45) is 0. The second kappa shape index (κ2) is 6.64. The van der Waals surface area contributed by atoms with Crippen LogP contribution in [0, 0.1) is 0 Å². The van der Waals surface area contributed by atoms with Crippen LogP contribution < -0.4 is 5.32 Å². The number of carbonyl (C=O) groups excluding carboxylic acids is 1. The first-order valence-electron chi connectivity index (χ1n) is 5.94. The van der Waals surface area contributed by atoms with Crippen molar-refractivity contribution >= 4 is 35.0 Å². The molecule has 2 aromatic rings. The number of halogens is 1. The Morgan fingerprint density at radius 3 is 2.42 bits per heavy atom. The molecule has 0 aliphatic rings. The zero-order valence-corrected chi connectivity index (χ0v) is 12.0. The normalized spacial score (nSPS) is 11.9. The van der Waals surface area contributed by atoms with E-state index in [0.29, 0.717) is 5.02 Å². The van der Waals surface area contributed by atoms with Gasteiger partial charge in [-0.25, -0.2) is 0 Å². The molecule has 98 valence electrons. The SMILES string of the molecule is C[C@@H](Sc1ccccc1Cl)C(=O)Nc1ccccc1. The minimum atomic E-state index is -0.208. The molecule has 1 atom stereocenters. The molecule has 0 saturated heterocycles. The summed E-state index contributed by atoms with van der Waals surface area (Å²) in [5, 5.41) is 3.34. The molecule has 0 aliphatic carbocycles. The molecule has 0 aliphatic heterocycles. The quantitative estimate of drug-likeness (QED) is 0.843. The number of rotatable bonds is 4. The average Bonchev–Trinajstić information content (AvgIpc) is 2.42. The molecule has 0 aromatic heterocycles. The molecule has 19 heavy (non-hydrogen) atoms. The molecular formula is C15H14ClNOS. The van der Waals surface area contributed by atoms with Gasteiger partial charge in [-0.1, -0.05) is 41.9 Å². The Kier molecular flexibility index (Phi) is 4.88. The summed E-state index contributed by atoms with van der Waals surface area (Å²) in [6, 6.07) is 17.0. The molecule has 2 rings (SSSR count). The third kappa shape index (κ3) is 4.01. The summed E-state index contributed by atoms with van der Waals surface area (Å²) >= 11 is 7.53. The van der Waals surface area contributed by atoms with Crippen LogP contribution in [-0.4, -0.2) is 11.2 Å². The number of hydrogen-bond donors (Lipinski definition) is 1. The van der Waals surface area contributed by atoms with Crippen LogP contribution in [0.1, 0.15) is 6.92 Å². The molecule has 0 heterocycles. The van der Waals surface area contributed by atoms with Gasteiger partial charge in [0.05, 0.1) is 10.3 Å². The van der Waals surface area contributed by atoms with Gasteiger partial charge in [0.15, 0.2) is 0 Å². The first-order chi connectivity index (χ1) is 9.16.